The summed E-state index contributed by atoms with van der Waals surface area (Å²) in [4.78, 5) is 0. The van der Waals surface area contributed by atoms with Crippen LogP contribution in [0.1, 0.15) is 5.56 Å². The molecule has 0 aliphatic carbocycles. The van der Waals surface area contributed by atoms with Gasteiger partial charge in [0.15, 0.2) is 11.6 Å². The molecule has 90 valence electrons. The molecule has 17 heavy (non-hydrogen) atoms. The molecule has 0 unspecified atom stereocenters. The van der Waals surface area contributed by atoms with Crippen LogP contribution in [0.25, 0.3) is 11.3 Å². The lowest BCUT2D eigenvalue weighted by Crippen LogP contribution is -2.03. The molecule has 0 atom stereocenters. The summed E-state index contributed by atoms with van der Waals surface area (Å²) in [5.41, 5.74) is 5.29. The van der Waals surface area contributed by atoms with E-state index in [1.807, 2.05) is 22.6 Å². The number of nitrogens with two attached hydrogens (primary N) is 1. The van der Waals surface area contributed by atoms with Gasteiger partial charge in [-0.3, -0.25) is 0 Å². The number of anilines is 1. The van der Waals surface area contributed by atoms with Gasteiger partial charge in [-0.2, -0.15) is 13.2 Å². The molecule has 0 fully saturated rings. The summed E-state index contributed by atoms with van der Waals surface area (Å²) in [5.74, 6) is 0.595. The summed E-state index contributed by atoms with van der Waals surface area (Å²) in [7, 11) is 0. The zero-order chi connectivity index (χ0) is 12.6. The fraction of sp³-hybridized carbons (Fsp3) is 0.100. The van der Waals surface area contributed by atoms with Gasteiger partial charge in [-0.25, -0.2) is 0 Å². The van der Waals surface area contributed by atoms with Gasteiger partial charge in [0, 0.05) is 5.56 Å². The molecule has 0 spiro atoms. The average molecular weight is 354 g/mol. The van der Waals surface area contributed by atoms with Gasteiger partial charge in [-0.05, 0) is 34.7 Å². The highest BCUT2D eigenvalue weighted by Crippen LogP contribution is 2.33. The highest BCUT2D eigenvalue weighted by atomic mass is 127. The van der Waals surface area contributed by atoms with Crippen molar-refractivity contribution in [3.63, 3.8) is 0 Å². The van der Waals surface area contributed by atoms with Gasteiger partial charge in [-0.1, -0.05) is 17.3 Å². The van der Waals surface area contributed by atoms with Crippen molar-refractivity contribution in [2.24, 2.45) is 0 Å². The Kier molecular flexibility index (Phi) is 3.02. The Bertz CT molecular complexity index is 533. The Morgan fingerprint density at radius 3 is 2.18 bits per heavy atom. The molecule has 0 saturated carbocycles. The average Bonchev–Trinajstić information content (AvgIpc) is 2.59. The highest BCUT2D eigenvalue weighted by molar-refractivity contribution is 14.1. The number of halogens is 4. The Balaban J connectivity index is 2.40. The first-order valence-electron chi connectivity index (χ1n) is 4.48. The molecule has 0 bridgehead atoms. The number of rotatable bonds is 1. The predicted octanol–water partition coefficient (Wildman–Crippen LogP) is 3.55. The molecule has 0 radical (unpaired) electrons. The molecule has 2 aromatic rings. The summed E-state index contributed by atoms with van der Waals surface area (Å²) in [6.07, 6.45) is -4.34. The maximum absolute atomic E-state index is 12.3. The fourth-order valence-electron chi connectivity index (χ4n) is 1.28. The van der Waals surface area contributed by atoms with Crippen molar-refractivity contribution in [2.75, 3.05) is 5.73 Å². The van der Waals surface area contributed by atoms with Gasteiger partial charge < -0.3 is 10.3 Å². The smallest absolute Gasteiger partial charge is 0.380 e. The summed E-state index contributed by atoms with van der Waals surface area (Å²) in [6, 6.07) is 4.63. The van der Waals surface area contributed by atoms with Crippen molar-refractivity contribution in [3.05, 3.63) is 33.4 Å². The molecule has 1 heterocycles. The lowest BCUT2D eigenvalue weighted by Gasteiger charge is -2.06. The molecule has 1 aromatic carbocycles. The van der Waals surface area contributed by atoms with Crippen LogP contribution < -0.4 is 5.73 Å². The third-order valence-electron chi connectivity index (χ3n) is 2.13. The van der Waals surface area contributed by atoms with E-state index < -0.39 is 11.7 Å². The topological polar surface area (TPSA) is 52.0 Å². The van der Waals surface area contributed by atoms with E-state index in [4.69, 9.17) is 10.3 Å². The zero-order valence-corrected chi connectivity index (χ0v) is 10.4. The summed E-state index contributed by atoms with van der Waals surface area (Å²) in [6.45, 7) is 0. The lowest BCUT2D eigenvalue weighted by atomic mass is 10.1. The molecule has 2 rings (SSSR count). The standard InChI is InChI=1S/C10H6F3IN2O/c11-10(12,13)6-3-1-5(2-4-6)8-7(14)9(15)16-17-8/h1-4H,(H2,15,16). The summed E-state index contributed by atoms with van der Waals surface area (Å²) >= 11 is 1.92. The minimum Gasteiger partial charge on any atom is -0.380 e. The maximum Gasteiger partial charge on any atom is 0.416 e. The Labute approximate surface area is 108 Å². The van der Waals surface area contributed by atoms with E-state index >= 15 is 0 Å². The van der Waals surface area contributed by atoms with E-state index in [1.54, 1.807) is 0 Å². The summed E-state index contributed by atoms with van der Waals surface area (Å²) in [5, 5.41) is 3.54. The van der Waals surface area contributed by atoms with Crippen molar-refractivity contribution in [1.82, 2.24) is 5.16 Å². The van der Waals surface area contributed by atoms with E-state index in [1.165, 1.54) is 12.1 Å². The molecule has 0 aliphatic rings. The van der Waals surface area contributed by atoms with Crippen LogP contribution in [0.2, 0.25) is 0 Å². The number of hydrogen-bond donors (Lipinski definition) is 1. The van der Waals surface area contributed by atoms with Crippen molar-refractivity contribution in [1.29, 1.82) is 0 Å². The Hall–Kier alpha value is -1.25. The second-order valence-corrected chi connectivity index (χ2v) is 4.36. The number of nitrogens with zero attached hydrogens (tertiary/aromatic N) is 1. The Morgan fingerprint density at radius 2 is 1.76 bits per heavy atom. The first-order valence-corrected chi connectivity index (χ1v) is 5.56. The van der Waals surface area contributed by atoms with Crippen molar-refractivity contribution in [2.45, 2.75) is 6.18 Å². The first kappa shape index (κ1) is 12.2. The van der Waals surface area contributed by atoms with Crippen LogP contribution in [0.5, 0.6) is 0 Å². The number of alkyl halides is 3. The van der Waals surface area contributed by atoms with Crippen LogP contribution in [0.3, 0.4) is 0 Å². The quantitative estimate of drug-likeness (QED) is 0.797. The van der Waals surface area contributed by atoms with Crippen LogP contribution in [-0.2, 0) is 6.18 Å². The molecule has 1 aromatic heterocycles. The van der Waals surface area contributed by atoms with Gasteiger partial charge in [0.05, 0.1) is 5.56 Å². The second-order valence-electron chi connectivity index (χ2n) is 3.29. The number of hydrogen-bond acceptors (Lipinski definition) is 3. The monoisotopic (exact) mass is 354 g/mol. The first-order chi connectivity index (χ1) is 7.89. The largest absolute Gasteiger partial charge is 0.416 e. The molecule has 0 amide bonds. The van der Waals surface area contributed by atoms with Gasteiger partial charge >= 0.3 is 6.18 Å². The predicted molar refractivity (Wildman–Crippen MR) is 64.1 cm³/mol. The van der Waals surface area contributed by atoms with Crippen LogP contribution >= 0.6 is 22.6 Å². The molecular formula is C10H6F3IN2O. The van der Waals surface area contributed by atoms with Gasteiger partial charge in [0.1, 0.15) is 3.57 Å². The summed E-state index contributed by atoms with van der Waals surface area (Å²) < 4.78 is 42.6. The fourth-order valence-corrected chi connectivity index (χ4v) is 1.79. The molecule has 7 heteroatoms. The molecule has 0 saturated heterocycles. The molecule has 0 aliphatic heterocycles. The SMILES string of the molecule is Nc1noc(-c2ccc(C(F)(F)F)cc2)c1I. The van der Waals surface area contributed by atoms with Crippen molar-refractivity contribution >= 4 is 28.4 Å². The zero-order valence-electron chi connectivity index (χ0n) is 8.25. The van der Waals surface area contributed by atoms with E-state index in [0.717, 1.165) is 12.1 Å². The molecule has 2 N–H and O–H groups in total. The minimum atomic E-state index is -4.34. The second kappa shape index (κ2) is 4.21. The van der Waals surface area contributed by atoms with Crippen LogP contribution in [0.15, 0.2) is 28.8 Å². The van der Waals surface area contributed by atoms with Crippen molar-refractivity contribution < 1.29 is 17.7 Å². The Morgan fingerprint density at radius 1 is 1.18 bits per heavy atom. The van der Waals surface area contributed by atoms with Crippen molar-refractivity contribution in [3.8, 4) is 11.3 Å². The minimum absolute atomic E-state index is 0.223. The maximum atomic E-state index is 12.3. The van der Waals surface area contributed by atoms with Gasteiger partial charge in [-0.15, -0.1) is 0 Å². The van der Waals surface area contributed by atoms with Crippen LogP contribution in [0, 0.1) is 3.57 Å². The molecule has 3 nitrogen and oxygen atoms in total. The number of benzene rings is 1. The van der Waals surface area contributed by atoms with Gasteiger partial charge in [0.2, 0.25) is 0 Å². The number of nitrogen functional groups attached to an aromatic ring is 1. The molecular weight excluding hydrogens is 348 g/mol. The van der Waals surface area contributed by atoms with E-state index in [9.17, 15) is 13.2 Å². The third-order valence-corrected chi connectivity index (χ3v) is 3.18. The lowest BCUT2D eigenvalue weighted by molar-refractivity contribution is -0.137. The number of aromatic nitrogens is 1. The normalized spacial score (nSPS) is 11.8. The third kappa shape index (κ3) is 2.38. The van der Waals surface area contributed by atoms with Gasteiger partial charge in [0.25, 0.3) is 0 Å². The van der Waals surface area contributed by atoms with E-state index in [0.29, 0.717) is 14.9 Å². The van der Waals surface area contributed by atoms with Crippen LogP contribution in [-0.4, -0.2) is 5.16 Å². The van der Waals surface area contributed by atoms with Crippen LogP contribution in [0.4, 0.5) is 19.0 Å². The highest BCUT2D eigenvalue weighted by Gasteiger charge is 2.30. The van der Waals surface area contributed by atoms with E-state index in [2.05, 4.69) is 5.16 Å². The van der Waals surface area contributed by atoms with E-state index in [-0.39, 0.29) is 5.82 Å².